The summed E-state index contributed by atoms with van der Waals surface area (Å²) in [5.74, 6) is 2.60. The van der Waals surface area contributed by atoms with Gasteiger partial charge in [0.2, 0.25) is 11.7 Å². The van der Waals surface area contributed by atoms with E-state index in [1.807, 2.05) is 0 Å². The summed E-state index contributed by atoms with van der Waals surface area (Å²) in [6.45, 7) is 0.556. The van der Waals surface area contributed by atoms with Crippen LogP contribution in [-0.4, -0.2) is 17.3 Å². The van der Waals surface area contributed by atoms with Gasteiger partial charge in [0.05, 0.1) is 12.1 Å². The molecule has 6 nitrogen and oxygen atoms in total. The lowest BCUT2D eigenvalue weighted by Crippen LogP contribution is -2.02. The van der Waals surface area contributed by atoms with Crippen LogP contribution in [0.1, 0.15) is 36.0 Å². The molecule has 0 radical (unpaired) electrons. The summed E-state index contributed by atoms with van der Waals surface area (Å²) >= 11 is 6.20. The molecule has 1 aromatic heterocycles. The lowest BCUT2D eigenvalue weighted by molar-refractivity contribution is 0.269. The number of aromatic nitrogens is 2. The van der Waals surface area contributed by atoms with E-state index in [0.717, 1.165) is 18.4 Å². The fourth-order valence-electron chi connectivity index (χ4n) is 1.99. The molecular formula is C14H16ClN3O3. The van der Waals surface area contributed by atoms with Crippen molar-refractivity contribution in [1.82, 2.24) is 10.1 Å². The summed E-state index contributed by atoms with van der Waals surface area (Å²) in [7, 11) is 1.55. The molecule has 21 heavy (non-hydrogen) atoms. The zero-order chi connectivity index (χ0) is 14.8. The zero-order valence-electron chi connectivity index (χ0n) is 11.6. The van der Waals surface area contributed by atoms with Gasteiger partial charge in [-0.25, -0.2) is 0 Å². The minimum absolute atomic E-state index is 0.175. The Morgan fingerprint density at radius 1 is 1.43 bits per heavy atom. The molecule has 0 saturated heterocycles. The van der Waals surface area contributed by atoms with Crippen LogP contribution < -0.4 is 15.2 Å². The number of nitrogens with two attached hydrogens (primary N) is 1. The van der Waals surface area contributed by atoms with Crippen molar-refractivity contribution < 1.29 is 14.0 Å². The fourth-order valence-corrected chi connectivity index (χ4v) is 2.28. The van der Waals surface area contributed by atoms with Crippen molar-refractivity contribution in [1.29, 1.82) is 0 Å². The first-order valence-corrected chi connectivity index (χ1v) is 7.10. The van der Waals surface area contributed by atoms with E-state index in [1.54, 1.807) is 19.2 Å². The first-order chi connectivity index (χ1) is 10.2. The molecule has 0 unspecified atom stereocenters. The Hall–Kier alpha value is -1.79. The van der Waals surface area contributed by atoms with Crippen LogP contribution in [0.5, 0.6) is 11.5 Å². The van der Waals surface area contributed by atoms with E-state index < -0.39 is 0 Å². The summed E-state index contributed by atoms with van der Waals surface area (Å²) in [6, 6.07) is 3.55. The Bertz CT molecular complexity index is 640. The smallest absolute Gasteiger partial charge is 0.229 e. The zero-order valence-corrected chi connectivity index (χ0v) is 12.4. The molecule has 0 atom stereocenters. The third kappa shape index (κ3) is 3.11. The van der Waals surface area contributed by atoms with Gasteiger partial charge in [0.25, 0.3) is 0 Å². The maximum absolute atomic E-state index is 6.20. The molecule has 2 N–H and O–H groups in total. The number of nitrogens with zero attached hydrogens (tertiary/aromatic N) is 2. The van der Waals surface area contributed by atoms with Gasteiger partial charge in [-0.05, 0) is 30.5 Å². The predicted octanol–water partition coefficient (Wildman–Crippen LogP) is 2.65. The Morgan fingerprint density at radius 3 is 2.90 bits per heavy atom. The molecule has 1 aromatic carbocycles. The van der Waals surface area contributed by atoms with Crippen LogP contribution in [0.3, 0.4) is 0 Å². The highest BCUT2D eigenvalue weighted by Gasteiger charge is 2.29. The average Bonchev–Trinajstić information content (AvgIpc) is 3.24. The molecule has 0 aliphatic heterocycles. The quantitative estimate of drug-likeness (QED) is 0.883. The van der Waals surface area contributed by atoms with Crippen molar-refractivity contribution in [3.8, 4) is 11.5 Å². The van der Waals surface area contributed by atoms with E-state index in [-0.39, 0.29) is 6.61 Å². The number of rotatable bonds is 6. The molecule has 0 spiro atoms. The lowest BCUT2D eigenvalue weighted by atomic mass is 10.2. The van der Waals surface area contributed by atoms with Gasteiger partial charge in [-0.2, -0.15) is 4.98 Å². The van der Waals surface area contributed by atoms with Crippen LogP contribution in [0.2, 0.25) is 5.02 Å². The minimum Gasteiger partial charge on any atom is -0.493 e. The Kier molecular flexibility index (Phi) is 3.98. The van der Waals surface area contributed by atoms with E-state index in [9.17, 15) is 0 Å². The standard InChI is InChI=1S/C14H16ClN3O3/c1-19-11-5-8(6-16)4-10(15)13(11)20-7-12-17-14(21-18-12)9-2-3-9/h4-5,9H,2-3,6-7,16H2,1H3. The number of hydrogen-bond acceptors (Lipinski definition) is 6. The summed E-state index contributed by atoms with van der Waals surface area (Å²) in [6.07, 6.45) is 2.23. The molecule has 1 heterocycles. The van der Waals surface area contributed by atoms with Gasteiger partial charge in [0.1, 0.15) is 0 Å². The van der Waals surface area contributed by atoms with Gasteiger partial charge >= 0.3 is 0 Å². The second kappa shape index (κ2) is 5.91. The van der Waals surface area contributed by atoms with Crippen molar-refractivity contribution >= 4 is 11.6 Å². The first kappa shape index (κ1) is 14.2. The molecule has 3 rings (SSSR count). The van der Waals surface area contributed by atoms with Crippen LogP contribution in [0.25, 0.3) is 0 Å². The van der Waals surface area contributed by atoms with Gasteiger partial charge in [0, 0.05) is 12.5 Å². The van der Waals surface area contributed by atoms with E-state index >= 15 is 0 Å². The largest absolute Gasteiger partial charge is 0.493 e. The molecule has 1 fully saturated rings. The van der Waals surface area contributed by atoms with Gasteiger partial charge in [-0.3, -0.25) is 0 Å². The third-order valence-electron chi connectivity index (χ3n) is 3.28. The molecule has 1 aliphatic rings. The Balaban J connectivity index is 1.74. The maximum Gasteiger partial charge on any atom is 0.229 e. The number of halogens is 1. The molecule has 112 valence electrons. The third-order valence-corrected chi connectivity index (χ3v) is 3.56. The van der Waals surface area contributed by atoms with Crippen molar-refractivity contribution in [2.75, 3.05) is 7.11 Å². The van der Waals surface area contributed by atoms with Crippen molar-refractivity contribution in [2.45, 2.75) is 31.9 Å². The molecule has 1 saturated carbocycles. The topological polar surface area (TPSA) is 83.4 Å². The number of hydrogen-bond donors (Lipinski definition) is 1. The maximum atomic E-state index is 6.20. The lowest BCUT2D eigenvalue weighted by Gasteiger charge is -2.12. The van der Waals surface area contributed by atoms with Crippen molar-refractivity contribution in [3.05, 3.63) is 34.4 Å². The summed E-state index contributed by atoms with van der Waals surface area (Å²) < 4.78 is 16.1. The van der Waals surface area contributed by atoms with E-state index in [0.29, 0.717) is 40.7 Å². The van der Waals surface area contributed by atoms with Crippen LogP contribution in [0, 0.1) is 0 Å². The normalized spacial score (nSPS) is 14.2. The highest BCUT2D eigenvalue weighted by Crippen LogP contribution is 2.39. The molecule has 7 heteroatoms. The number of ether oxygens (including phenoxy) is 2. The molecule has 2 aromatic rings. The second-order valence-corrected chi connectivity index (χ2v) is 5.33. The van der Waals surface area contributed by atoms with Crippen LogP contribution in [0.4, 0.5) is 0 Å². The van der Waals surface area contributed by atoms with E-state index in [1.165, 1.54) is 0 Å². The SMILES string of the molecule is COc1cc(CN)cc(Cl)c1OCc1noc(C2CC2)n1. The predicted molar refractivity (Wildman–Crippen MR) is 76.5 cm³/mol. The Morgan fingerprint density at radius 2 is 2.24 bits per heavy atom. The first-order valence-electron chi connectivity index (χ1n) is 6.73. The van der Waals surface area contributed by atoms with Crippen LogP contribution in [0.15, 0.2) is 16.7 Å². The second-order valence-electron chi connectivity index (χ2n) is 4.92. The highest BCUT2D eigenvalue weighted by atomic mass is 35.5. The Labute approximate surface area is 127 Å². The summed E-state index contributed by atoms with van der Waals surface area (Å²) in [4.78, 5) is 4.30. The van der Waals surface area contributed by atoms with E-state index in [2.05, 4.69) is 10.1 Å². The molecule has 0 bridgehead atoms. The fraction of sp³-hybridized carbons (Fsp3) is 0.429. The number of methoxy groups -OCH3 is 1. The van der Waals surface area contributed by atoms with Crippen LogP contribution >= 0.6 is 11.6 Å². The van der Waals surface area contributed by atoms with Crippen molar-refractivity contribution in [2.24, 2.45) is 5.73 Å². The van der Waals surface area contributed by atoms with Gasteiger partial charge in [-0.1, -0.05) is 16.8 Å². The van der Waals surface area contributed by atoms with Crippen LogP contribution in [-0.2, 0) is 13.2 Å². The molecule has 1 aliphatic carbocycles. The van der Waals surface area contributed by atoms with Gasteiger partial charge in [-0.15, -0.1) is 0 Å². The highest BCUT2D eigenvalue weighted by molar-refractivity contribution is 6.32. The average molecular weight is 310 g/mol. The van der Waals surface area contributed by atoms with Gasteiger partial charge in [0.15, 0.2) is 18.1 Å². The molecule has 0 amide bonds. The van der Waals surface area contributed by atoms with Crippen molar-refractivity contribution in [3.63, 3.8) is 0 Å². The number of benzene rings is 1. The summed E-state index contributed by atoms with van der Waals surface area (Å²) in [5.41, 5.74) is 6.48. The van der Waals surface area contributed by atoms with Gasteiger partial charge < -0.3 is 19.7 Å². The summed E-state index contributed by atoms with van der Waals surface area (Å²) in [5, 5.41) is 4.34. The minimum atomic E-state index is 0.175. The van der Waals surface area contributed by atoms with E-state index in [4.69, 9.17) is 31.3 Å². The monoisotopic (exact) mass is 309 g/mol. The molecular weight excluding hydrogens is 294 g/mol.